The number of halogens is 2. The summed E-state index contributed by atoms with van der Waals surface area (Å²) in [6.07, 6.45) is 1.25. The van der Waals surface area contributed by atoms with Crippen LogP contribution < -0.4 is 5.73 Å². The maximum absolute atomic E-state index is 14.0. The summed E-state index contributed by atoms with van der Waals surface area (Å²) >= 11 is 5.60. The number of amides is 1. The summed E-state index contributed by atoms with van der Waals surface area (Å²) in [5, 5.41) is 0.00154. The number of benzene rings is 1. The van der Waals surface area contributed by atoms with Crippen molar-refractivity contribution < 1.29 is 14.0 Å². The van der Waals surface area contributed by atoms with E-state index in [1.807, 2.05) is 0 Å². The molecule has 2 N–H and O–H groups in total. The Morgan fingerprint density at radius 3 is 2.60 bits per heavy atom. The van der Waals surface area contributed by atoms with Crippen molar-refractivity contribution in [2.24, 2.45) is 5.73 Å². The molecule has 0 atom stereocenters. The van der Waals surface area contributed by atoms with Crippen molar-refractivity contribution in [2.45, 2.75) is 6.42 Å². The molecule has 0 saturated heterocycles. The number of carbonyl (C=O) groups excluding carboxylic acids is 2. The van der Waals surface area contributed by atoms with Crippen LogP contribution in [0.25, 0.3) is 0 Å². The Bertz CT molecular complexity index is 691. The Hall–Kier alpha value is -2.34. The van der Waals surface area contributed by atoms with Crippen LogP contribution in [0, 0.1) is 5.82 Å². The summed E-state index contributed by atoms with van der Waals surface area (Å²) < 4.78 is 14.0. The van der Waals surface area contributed by atoms with Crippen molar-refractivity contribution >= 4 is 23.3 Å². The first kappa shape index (κ1) is 14.1. The van der Waals surface area contributed by atoms with E-state index in [2.05, 4.69) is 9.97 Å². The lowest BCUT2D eigenvalue weighted by Crippen LogP contribution is -2.16. The van der Waals surface area contributed by atoms with Gasteiger partial charge in [-0.05, 0) is 29.8 Å². The van der Waals surface area contributed by atoms with Crippen molar-refractivity contribution in [3.05, 3.63) is 58.4 Å². The van der Waals surface area contributed by atoms with E-state index in [4.69, 9.17) is 17.3 Å². The third kappa shape index (κ3) is 2.97. The number of hydrogen-bond acceptors (Lipinski definition) is 4. The Kier molecular flexibility index (Phi) is 4.05. The number of primary amides is 1. The highest BCUT2D eigenvalue weighted by atomic mass is 35.5. The predicted octanol–water partition coefficient (Wildman–Crippen LogP) is 1.79. The van der Waals surface area contributed by atoms with E-state index in [-0.39, 0.29) is 22.8 Å². The number of carbonyl (C=O) groups is 2. The highest BCUT2D eigenvalue weighted by Crippen LogP contribution is 2.15. The standard InChI is InChI=1S/C13H9ClFN3O2/c14-13-17-5-4-7(18-13)6-10(19)8-2-1-3-9(11(8)15)12(16)20/h1-5H,6H2,(H2,16,20). The van der Waals surface area contributed by atoms with Gasteiger partial charge in [0.15, 0.2) is 5.78 Å². The van der Waals surface area contributed by atoms with Gasteiger partial charge >= 0.3 is 0 Å². The molecule has 0 bridgehead atoms. The summed E-state index contributed by atoms with van der Waals surface area (Å²) in [4.78, 5) is 30.6. The van der Waals surface area contributed by atoms with Crippen molar-refractivity contribution in [3.63, 3.8) is 0 Å². The maximum Gasteiger partial charge on any atom is 0.251 e. The molecule has 1 aromatic carbocycles. The highest BCUT2D eigenvalue weighted by molar-refractivity contribution is 6.28. The fraction of sp³-hybridized carbons (Fsp3) is 0.0769. The van der Waals surface area contributed by atoms with Gasteiger partial charge in [0.25, 0.3) is 5.91 Å². The van der Waals surface area contributed by atoms with Crippen LogP contribution in [-0.2, 0) is 6.42 Å². The molecule has 1 heterocycles. The second-order valence-corrected chi connectivity index (χ2v) is 4.29. The normalized spacial score (nSPS) is 10.3. The van der Waals surface area contributed by atoms with Crippen LogP contribution in [0.2, 0.25) is 5.28 Å². The molecule has 0 saturated carbocycles. The lowest BCUT2D eigenvalue weighted by molar-refractivity contribution is 0.0987. The zero-order valence-electron chi connectivity index (χ0n) is 10.1. The van der Waals surface area contributed by atoms with Crippen molar-refractivity contribution in [3.8, 4) is 0 Å². The minimum absolute atomic E-state index is 0.00154. The van der Waals surface area contributed by atoms with Crippen molar-refractivity contribution in [1.82, 2.24) is 9.97 Å². The summed E-state index contributed by atoms with van der Waals surface area (Å²) in [6, 6.07) is 5.39. The SMILES string of the molecule is NC(=O)c1cccc(C(=O)Cc2ccnc(Cl)n2)c1F. The van der Waals surface area contributed by atoms with Crippen molar-refractivity contribution in [1.29, 1.82) is 0 Å². The average molecular weight is 294 g/mol. The zero-order valence-corrected chi connectivity index (χ0v) is 10.9. The molecule has 2 rings (SSSR count). The maximum atomic E-state index is 14.0. The fourth-order valence-electron chi connectivity index (χ4n) is 1.67. The van der Waals surface area contributed by atoms with Gasteiger partial charge in [0.05, 0.1) is 23.2 Å². The number of hydrogen-bond donors (Lipinski definition) is 1. The molecule has 0 aliphatic heterocycles. The molecule has 0 aliphatic carbocycles. The Labute approximate surface area is 118 Å². The van der Waals surface area contributed by atoms with Gasteiger partial charge in [-0.1, -0.05) is 6.07 Å². The largest absolute Gasteiger partial charge is 0.366 e. The third-order valence-electron chi connectivity index (χ3n) is 2.59. The summed E-state index contributed by atoms with van der Waals surface area (Å²) in [5.74, 6) is -2.38. The van der Waals surface area contributed by atoms with Crippen LogP contribution in [0.5, 0.6) is 0 Å². The van der Waals surface area contributed by atoms with Crippen LogP contribution in [0.1, 0.15) is 26.4 Å². The number of rotatable bonds is 4. The highest BCUT2D eigenvalue weighted by Gasteiger charge is 2.18. The molecule has 1 amide bonds. The number of nitrogens with zero attached hydrogens (tertiary/aromatic N) is 2. The van der Waals surface area contributed by atoms with E-state index in [0.717, 1.165) is 0 Å². The molecule has 1 aromatic heterocycles. The molecule has 0 radical (unpaired) electrons. The number of aromatic nitrogens is 2. The molecule has 0 aliphatic rings. The number of nitrogens with two attached hydrogens (primary N) is 1. The van der Waals surface area contributed by atoms with Crippen LogP contribution in [0.4, 0.5) is 4.39 Å². The lowest BCUT2D eigenvalue weighted by atomic mass is 10.0. The fourth-order valence-corrected chi connectivity index (χ4v) is 1.83. The van der Waals surface area contributed by atoms with E-state index >= 15 is 0 Å². The topological polar surface area (TPSA) is 85.9 Å². The van der Waals surface area contributed by atoms with Gasteiger partial charge in [-0.15, -0.1) is 0 Å². The molecule has 0 unspecified atom stereocenters. The molecule has 0 spiro atoms. The first-order valence-corrected chi connectivity index (χ1v) is 5.96. The second-order valence-electron chi connectivity index (χ2n) is 3.95. The predicted molar refractivity (Wildman–Crippen MR) is 70.0 cm³/mol. The van der Waals surface area contributed by atoms with Gasteiger partial charge in [0.2, 0.25) is 5.28 Å². The van der Waals surface area contributed by atoms with Gasteiger partial charge < -0.3 is 5.73 Å². The number of Topliss-reactive ketones (excluding diaryl/α,β-unsaturated/α-hetero) is 1. The molecule has 102 valence electrons. The van der Waals surface area contributed by atoms with Gasteiger partial charge in [-0.25, -0.2) is 14.4 Å². The molecular weight excluding hydrogens is 285 g/mol. The van der Waals surface area contributed by atoms with Crippen LogP contribution in [0.3, 0.4) is 0 Å². The Morgan fingerprint density at radius 2 is 1.95 bits per heavy atom. The van der Waals surface area contributed by atoms with Crippen LogP contribution in [0.15, 0.2) is 30.5 Å². The number of ketones is 1. The zero-order chi connectivity index (χ0) is 14.7. The van der Waals surface area contributed by atoms with Gasteiger partial charge in [0, 0.05) is 6.20 Å². The summed E-state index contributed by atoms with van der Waals surface area (Å²) in [6.45, 7) is 0. The van der Waals surface area contributed by atoms with Gasteiger partial charge in [-0.3, -0.25) is 9.59 Å². The quantitative estimate of drug-likeness (QED) is 0.688. The monoisotopic (exact) mass is 293 g/mol. The summed E-state index contributed by atoms with van der Waals surface area (Å²) in [5.41, 5.74) is 4.85. The Morgan fingerprint density at radius 1 is 1.25 bits per heavy atom. The van der Waals surface area contributed by atoms with E-state index in [1.165, 1.54) is 30.5 Å². The van der Waals surface area contributed by atoms with Gasteiger partial charge in [0.1, 0.15) is 5.82 Å². The molecule has 20 heavy (non-hydrogen) atoms. The molecule has 0 fully saturated rings. The molecule has 2 aromatic rings. The summed E-state index contributed by atoms with van der Waals surface area (Å²) in [7, 11) is 0. The van der Waals surface area contributed by atoms with Crippen LogP contribution in [-0.4, -0.2) is 21.7 Å². The average Bonchev–Trinajstić information content (AvgIpc) is 2.38. The van der Waals surface area contributed by atoms with E-state index < -0.39 is 17.5 Å². The third-order valence-corrected chi connectivity index (χ3v) is 2.77. The lowest BCUT2D eigenvalue weighted by Gasteiger charge is -2.05. The molecule has 5 nitrogen and oxygen atoms in total. The first-order valence-electron chi connectivity index (χ1n) is 5.58. The van der Waals surface area contributed by atoms with Crippen molar-refractivity contribution in [2.75, 3.05) is 0 Å². The van der Waals surface area contributed by atoms with E-state index in [9.17, 15) is 14.0 Å². The smallest absolute Gasteiger partial charge is 0.251 e. The minimum atomic E-state index is -0.928. The molecular formula is C13H9ClFN3O2. The van der Waals surface area contributed by atoms with E-state index in [0.29, 0.717) is 5.69 Å². The van der Waals surface area contributed by atoms with Crippen LogP contribution >= 0.6 is 11.6 Å². The van der Waals surface area contributed by atoms with E-state index in [1.54, 1.807) is 0 Å². The molecule has 7 heteroatoms. The minimum Gasteiger partial charge on any atom is -0.366 e. The first-order chi connectivity index (χ1) is 9.49. The van der Waals surface area contributed by atoms with Gasteiger partial charge in [-0.2, -0.15) is 0 Å². The second kappa shape index (κ2) is 5.75. The Balaban J connectivity index is 2.30.